The molecule has 1 aliphatic rings. The van der Waals surface area contributed by atoms with Crippen molar-refractivity contribution in [3.8, 4) is 0 Å². The molecule has 2 nitrogen and oxygen atoms in total. The topological polar surface area (TPSA) is 29.3 Å². The van der Waals surface area contributed by atoms with E-state index < -0.39 is 11.7 Å². The summed E-state index contributed by atoms with van der Waals surface area (Å²) >= 11 is 1.91. The molecule has 112 valence electrons. The number of hydrogen-bond donors (Lipinski definition) is 1. The summed E-state index contributed by atoms with van der Waals surface area (Å²) < 4.78 is 37.7. The van der Waals surface area contributed by atoms with Crippen LogP contribution in [0.3, 0.4) is 0 Å². The Bertz CT molecular complexity index is 427. The van der Waals surface area contributed by atoms with Crippen LogP contribution < -0.4 is 5.73 Å². The molecule has 2 rings (SSSR count). The molecule has 20 heavy (non-hydrogen) atoms. The highest BCUT2D eigenvalue weighted by atomic mass is 32.2. The third-order valence-corrected chi connectivity index (χ3v) is 4.96. The number of hydrogen-bond acceptors (Lipinski definition) is 3. The number of nitrogens with two attached hydrogens (primary N) is 1. The van der Waals surface area contributed by atoms with Crippen LogP contribution in [0.4, 0.5) is 13.2 Å². The highest BCUT2D eigenvalue weighted by Crippen LogP contribution is 2.32. The van der Waals surface area contributed by atoms with E-state index in [1.165, 1.54) is 0 Å². The fourth-order valence-corrected chi connectivity index (χ4v) is 3.81. The molecular formula is C14H19F3N2S. The van der Waals surface area contributed by atoms with Crippen molar-refractivity contribution in [3.05, 3.63) is 35.4 Å². The summed E-state index contributed by atoms with van der Waals surface area (Å²) in [6, 6.07) is 5.78. The highest BCUT2D eigenvalue weighted by molar-refractivity contribution is 7.99. The summed E-state index contributed by atoms with van der Waals surface area (Å²) in [5.74, 6) is 2.20. The van der Waals surface area contributed by atoms with Gasteiger partial charge in [-0.3, -0.25) is 4.90 Å². The summed E-state index contributed by atoms with van der Waals surface area (Å²) in [5, 5.41) is 0. The van der Waals surface area contributed by atoms with Crippen molar-refractivity contribution in [1.82, 2.24) is 4.90 Å². The van der Waals surface area contributed by atoms with Crippen LogP contribution in [0, 0.1) is 0 Å². The molecule has 0 aliphatic carbocycles. The van der Waals surface area contributed by atoms with Gasteiger partial charge >= 0.3 is 6.18 Å². The minimum atomic E-state index is -4.29. The van der Waals surface area contributed by atoms with E-state index in [1.807, 2.05) is 18.8 Å². The molecule has 0 amide bonds. The molecule has 6 heteroatoms. The van der Waals surface area contributed by atoms with E-state index in [0.29, 0.717) is 12.6 Å². The van der Waals surface area contributed by atoms with Crippen LogP contribution in [0.5, 0.6) is 0 Å². The number of likely N-dealkylation sites (N-methyl/N-ethyl adjacent to an activating group) is 1. The van der Waals surface area contributed by atoms with Crippen LogP contribution in [0.1, 0.15) is 23.6 Å². The van der Waals surface area contributed by atoms with E-state index >= 15 is 0 Å². The largest absolute Gasteiger partial charge is 0.416 e. The Labute approximate surface area is 121 Å². The molecule has 2 unspecified atom stereocenters. The number of benzene rings is 1. The number of rotatable bonds is 4. The second-order valence-corrected chi connectivity index (χ2v) is 6.20. The summed E-state index contributed by atoms with van der Waals surface area (Å²) in [5.41, 5.74) is 6.06. The molecule has 0 bridgehead atoms. The molecular weight excluding hydrogens is 285 g/mol. The minimum Gasteiger partial charge on any atom is -0.329 e. The van der Waals surface area contributed by atoms with Crippen molar-refractivity contribution in [2.45, 2.75) is 24.7 Å². The van der Waals surface area contributed by atoms with Crippen LogP contribution in [0.2, 0.25) is 0 Å². The molecule has 1 aromatic carbocycles. The maximum atomic E-state index is 12.6. The van der Waals surface area contributed by atoms with Gasteiger partial charge in [-0.15, -0.1) is 0 Å². The van der Waals surface area contributed by atoms with Gasteiger partial charge in [0, 0.05) is 24.4 Å². The highest BCUT2D eigenvalue weighted by Gasteiger charge is 2.31. The SMILES string of the molecule is CN(C1CCSC1)C(CN)c1ccc(C(F)(F)F)cc1. The minimum absolute atomic E-state index is 0.0269. The molecule has 2 N–H and O–H groups in total. The molecule has 1 aromatic rings. The lowest BCUT2D eigenvalue weighted by molar-refractivity contribution is -0.137. The predicted molar refractivity (Wildman–Crippen MR) is 76.7 cm³/mol. The average molecular weight is 304 g/mol. The van der Waals surface area contributed by atoms with Crippen LogP contribution >= 0.6 is 11.8 Å². The van der Waals surface area contributed by atoms with E-state index in [2.05, 4.69) is 4.90 Å². The zero-order valence-corrected chi connectivity index (χ0v) is 12.2. The van der Waals surface area contributed by atoms with Gasteiger partial charge in [0.15, 0.2) is 0 Å². The van der Waals surface area contributed by atoms with Crippen LogP contribution in [0.25, 0.3) is 0 Å². The Morgan fingerprint density at radius 3 is 2.45 bits per heavy atom. The van der Waals surface area contributed by atoms with Gasteiger partial charge in [-0.05, 0) is 36.9 Å². The fraction of sp³-hybridized carbons (Fsp3) is 0.571. The Morgan fingerprint density at radius 2 is 2.00 bits per heavy atom. The summed E-state index contributed by atoms with van der Waals surface area (Å²) in [6.07, 6.45) is -3.18. The quantitative estimate of drug-likeness (QED) is 0.926. The molecule has 1 heterocycles. The summed E-state index contributed by atoms with van der Waals surface area (Å²) in [6.45, 7) is 0.406. The van der Waals surface area contributed by atoms with E-state index in [9.17, 15) is 13.2 Å². The van der Waals surface area contributed by atoms with Crippen molar-refractivity contribution < 1.29 is 13.2 Å². The smallest absolute Gasteiger partial charge is 0.329 e. The molecule has 0 spiro atoms. The lowest BCUT2D eigenvalue weighted by Gasteiger charge is -2.32. The molecule has 1 fully saturated rings. The van der Waals surface area contributed by atoms with Crippen molar-refractivity contribution >= 4 is 11.8 Å². The fourth-order valence-electron chi connectivity index (χ4n) is 2.53. The Morgan fingerprint density at radius 1 is 1.35 bits per heavy atom. The van der Waals surface area contributed by atoms with E-state index in [0.717, 1.165) is 35.6 Å². The third kappa shape index (κ3) is 3.48. The third-order valence-electron chi connectivity index (χ3n) is 3.82. The first-order valence-corrected chi connectivity index (χ1v) is 7.76. The van der Waals surface area contributed by atoms with Crippen LogP contribution in [0.15, 0.2) is 24.3 Å². The predicted octanol–water partition coefficient (Wildman–Crippen LogP) is 3.14. The second-order valence-electron chi connectivity index (χ2n) is 5.05. The van der Waals surface area contributed by atoms with E-state index in [4.69, 9.17) is 5.73 Å². The van der Waals surface area contributed by atoms with Crippen LogP contribution in [-0.4, -0.2) is 36.0 Å². The van der Waals surface area contributed by atoms with Gasteiger partial charge < -0.3 is 5.73 Å². The van der Waals surface area contributed by atoms with Gasteiger partial charge in [0.1, 0.15) is 0 Å². The summed E-state index contributed by atoms with van der Waals surface area (Å²) in [7, 11) is 2.01. The molecule has 0 radical (unpaired) electrons. The van der Waals surface area contributed by atoms with E-state index in [-0.39, 0.29) is 6.04 Å². The number of alkyl halides is 3. The van der Waals surface area contributed by atoms with Gasteiger partial charge in [0.25, 0.3) is 0 Å². The maximum absolute atomic E-state index is 12.6. The van der Waals surface area contributed by atoms with Crippen molar-refractivity contribution in [1.29, 1.82) is 0 Å². The molecule has 1 aliphatic heterocycles. The van der Waals surface area contributed by atoms with Gasteiger partial charge in [-0.1, -0.05) is 12.1 Å². The Balaban J connectivity index is 2.14. The number of halogens is 3. The molecule has 0 saturated carbocycles. The maximum Gasteiger partial charge on any atom is 0.416 e. The first kappa shape index (κ1) is 15.7. The van der Waals surface area contributed by atoms with Gasteiger partial charge in [-0.2, -0.15) is 24.9 Å². The Kier molecular flexibility index (Phi) is 4.99. The zero-order valence-electron chi connectivity index (χ0n) is 11.4. The monoisotopic (exact) mass is 304 g/mol. The van der Waals surface area contributed by atoms with Gasteiger partial charge in [-0.25, -0.2) is 0 Å². The molecule has 2 atom stereocenters. The van der Waals surface area contributed by atoms with E-state index in [1.54, 1.807) is 12.1 Å². The first-order chi connectivity index (χ1) is 9.43. The molecule has 1 saturated heterocycles. The molecule has 0 aromatic heterocycles. The van der Waals surface area contributed by atoms with Gasteiger partial charge in [0.2, 0.25) is 0 Å². The first-order valence-electron chi connectivity index (χ1n) is 6.60. The number of nitrogens with zero attached hydrogens (tertiary/aromatic N) is 1. The lowest BCUT2D eigenvalue weighted by Crippen LogP contribution is -2.38. The van der Waals surface area contributed by atoms with Crippen molar-refractivity contribution in [2.75, 3.05) is 25.1 Å². The standard InChI is InChI=1S/C14H19F3N2S/c1-19(12-6-7-20-9-12)13(8-18)10-2-4-11(5-3-10)14(15,16)17/h2-5,12-13H,6-9,18H2,1H3. The van der Waals surface area contributed by atoms with Crippen LogP contribution in [-0.2, 0) is 6.18 Å². The van der Waals surface area contributed by atoms with Gasteiger partial charge in [0.05, 0.1) is 5.56 Å². The number of thioether (sulfide) groups is 1. The lowest BCUT2D eigenvalue weighted by atomic mass is 10.0. The zero-order chi connectivity index (χ0) is 14.8. The van der Waals surface area contributed by atoms with Crippen molar-refractivity contribution in [2.24, 2.45) is 5.73 Å². The summed E-state index contributed by atoms with van der Waals surface area (Å²) in [4.78, 5) is 2.20. The normalized spacial score (nSPS) is 21.4. The Hall–Kier alpha value is -0.720. The second kappa shape index (κ2) is 6.37. The average Bonchev–Trinajstić information content (AvgIpc) is 2.93. The van der Waals surface area contributed by atoms with Crippen molar-refractivity contribution in [3.63, 3.8) is 0 Å².